The van der Waals surface area contributed by atoms with Crippen LogP contribution in [0.1, 0.15) is 35.7 Å². The average molecular weight is 372 g/mol. The molecule has 7 nitrogen and oxygen atoms in total. The molecule has 0 spiro atoms. The summed E-state index contributed by atoms with van der Waals surface area (Å²) >= 11 is 5.14. The topological polar surface area (TPSA) is 96.3 Å². The maximum Gasteiger partial charge on any atom is 0.269 e. The van der Waals surface area contributed by atoms with Crippen molar-refractivity contribution in [3.63, 3.8) is 0 Å². The molecule has 0 heterocycles. The summed E-state index contributed by atoms with van der Waals surface area (Å²) in [5, 5.41) is 13.8. The number of unbranched alkanes of at least 4 members (excludes halogenated alkanes) is 1. The van der Waals surface area contributed by atoms with E-state index in [9.17, 15) is 14.9 Å². The summed E-state index contributed by atoms with van der Waals surface area (Å²) in [6.07, 6.45) is 3.36. The van der Waals surface area contributed by atoms with E-state index in [1.165, 1.54) is 29.8 Å². The lowest BCUT2D eigenvalue weighted by atomic mass is 10.1. The van der Waals surface area contributed by atoms with E-state index in [0.29, 0.717) is 0 Å². The van der Waals surface area contributed by atoms with Crippen LogP contribution < -0.4 is 16.2 Å². The van der Waals surface area contributed by atoms with Gasteiger partial charge in [-0.3, -0.25) is 25.8 Å². The molecule has 0 unspecified atom stereocenters. The average Bonchev–Trinajstić information content (AvgIpc) is 2.65. The molecule has 0 aromatic heterocycles. The van der Waals surface area contributed by atoms with Gasteiger partial charge in [-0.1, -0.05) is 25.5 Å². The van der Waals surface area contributed by atoms with Crippen molar-refractivity contribution in [2.24, 2.45) is 0 Å². The smallest absolute Gasteiger partial charge is 0.269 e. The molecule has 0 atom stereocenters. The number of benzene rings is 2. The highest BCUT2D eigenvalue weighted by molar-refractivity contribution is 7.80. The zero-order valence-corrected chi connectivity index (χ0v) is 15.1. The number of hydrogen-bond acceptors (Lipinski definition) is 4. The lowest BCUT2D eigenvalue weighted by Gasteiger charge is -2.12. The molecule has 0 saturated carbocycles. The molecular formula is C18H20N4O3S. The Balaban J connectivity index is 1.82. The maximum absolute atomic E-state index is 12.0. The zero-order chi connectivity index (χ0) is 18.9. The highest BCUT2D eigenvalue weighted by atomic mass is 32.1. The van der Waals surface area contributed by atoms with Gasteiger partial charge in [0.2, 0.25) is 0 Å². The fraction of sp³-hybridized carbons (Fsp3) is 0.222. The van der Waals surface area contributed by atoms with Gasteiger partial charge in [-0.25, -0.2) is 0 Å². The van der Waals surface area contributed by atoms with Gasteiger partial charge in [0.15, 0.2) is 5.11 Å². The molecule has 8 heteroatoms. The SMILES string of the molecule is CCCCc1ccc(NC(=S)NNC(=O)c2ccc([N+](=O)[O-])cc2)cc1. The van der Waals surface area contributed by atoms with Gasteiger partial charge in [0.1, 0.15) is 0 Å². The molecule has 2 aromatic rings. The largest absolute Gasteiger partial charge is 0.331 e. The molecular weight excluding hydrogens is 352 g/mol. The Morgan fingerprint density at radius 2 is 1.73 bits per heavy atom. The Kier molecular flexibility index (Phi) is 7.04. The first kappa shape index (κ1) is 19.3. The molecule has 0 radical (unpaired) electrons. The van der Waals surface area contributed by atoms with Crippen molar-refractivity contribution < 1.29 is 9.72 Å². The standard InChI is InChI=1S/C18H20N4O3S/c1-2-3-4-13-5-9-15(10-6-13)19-18(26)21-20-17(23)14-7-11-16(12-8-14)22(24)25/h5-12H,2-4H2,1H3,(H,20,23)(H2,19,21,26). The van der Waals surface area contributed by atoms with Crippen LogP contribution in [0, 0.1) is 10.1 Å². The molecule has 0 aliphatic heterocycles. The van der Waals surface area contributed by atoms with Gasteiger partial charge >= 0.3 is 0 Å². The maximum atomic E-state index is 12.0. The number of carbonyl (C=O) groups is 1. The summed E-state index contributed by atoms with van der Waals surface area (Å²) in [7, 11) is 0. The molecule has 136 valence electrons. The lowest BCUT2D eigenvalue weighted by Crippen LogP contribution is -2.43. The zero-order valence-electron chi connectivity index (χ0n) is 14.3. The first-order valence-corrected chi connectivity index (χ1v) is 8.61. The number of rotatable bonds is 6. The second-order valence-electron chi connectivity index (χ2n) is 5.64. The Bertz CT molecular complexity index is 776. The number of carbonyl (C=O) groups excluding carboxylic acids is 1. The number of nitro groups is 1. The predicted molar refractivity (Wildman–Crippen MR) is 105 cm³/mol. The Morgan fingerprint density at radius 3 is 2.31 bits per heavy atom. The van der Waals surface area contributed by atoms with Crippen LogP contribution in [0.25, 0.3) is 0 Å². The van der Waals surface area contributed by atoms with Crippen molar-refractivity contribution in [2.75, 3.05) is 5.32 Å². The number of nitrogens with one attached hydrogen (secondary N) is 3. The number of aryl methyl sites for hydroxylation is 1. The number of hydrazine groups is 1. The van der Waals surface area contributed by atoms with E-state index in [2.05, 4.69) is 23.1 Å². The molecule has 3 N–H and O–H groups in total. The number of amides is 1. The van der Waals surface area contributed by atoms with Crippen molar-refractivity contribution >= 4 is 34.6 Å². The molecule has 0 fully saturated rings. The summed E-state index contributed by atoms with van der Waals surface area (Å²) in [5.41, 5.74) is 7.33. The second kappa shape index (κ2) is 9.47. The molecule has 0 saturated heterocycles. The fourth-order valence-corrected chi connectivity index (χ4v) is 2.39. The van der Waals surface area contributed by atoms with Crippen LogP contribution in [0.5, 0.6) is 0 Å². The molecule has 26 heavy (non-hydrogen) atoms. The Morgan fingerprint density at radius 1 is 1.08 bits per heavy atom. The third kappa shape index (κ3) is 5.82. The minimum absolute atomic E-state index is 0.0749. The molecule has 0 aliphatic rings. The molecule has 0 bridgehead atoms. The Hall–Kier alpha value is -3.00. The number of thiocarbonyl (C=S) groups is 1. The predicted octanol–water partition coefficient (Wildman–Crippen LogP) is 3.57. The molecule has 2 rings (SSSR count). The van der Waals surface area contributed by atoms with E-state index < -0.39 is 10.8 Å². The molecule has 0 aliphatic carbocycles. The minimum atomic E-state index is -0.521. The number of hydrogen-bond donors (Lipinski definition) is 3. The lowest BCUT2D eigenvalue weighted by molar-refractivity contribution is -0.384. The molecule has 2 aromatic carbocycles. The number of nitrogens with zero attached hydrogens (tertiary/aromatic N) is 1. The third-order valence-corrected chi connectivity index (χ3v) is 3.86. The van der Waals surface area contributed by atoms with Gasteiger partial charge in [-0.05, 0) is 54.9 Å². The summed E-state index contributed by atoms with van der Waals surface area (Å²) in [4.78, 5) is 22.1. The van der Waals surface area contributed by atoms with Crippen molar-refractivity contribution in [2.45, 2.75) is 26.2 Å². The summed E-state index contributed by atoms with van der Waals surface area (Å²) in [5.74, 6) is -0.445. The van der Waals surface area contributed by atoms with E-state index in [1.54, 1.807) is 0 Å². The van der Waals surface area contributed by atoms with Crippen molar-refractivity contribution in [1.82, 2.24) is 10.9 Å². The van der Waals surface area contributed by atoms with E-state index in [-0.39, 0.29) is 16.4 Å². The van der Waals surface area contributed by atoms with Crippen LogP contribution in [0.4, 0.5) is 11.4 Å². The second-order valence-corrected chi connectivity index (χ2v) is 6.05. The van der Waals surface area contributed by atoms with Crippen LogP contribution in [-0.2, 0) is 6.42 Å². The first-order valence-electron chi connectivity index (χ1n) is 8.20. The highest BCUT2D eigenvalue weighted by Crippen LogP contribution is 2.12. The minimum Gasteiger partial charge on any atom is -0.331 e. The van der Waals surface area contributed by atoms with E-state index in [1.807, 2.05) is 24.3 Å². The van der Waals surface area contributed by atoms with Gasteiger partial charge in [-0.15, -0.1) is 0 Å². The van der Waals surface area contributed by atoms with Gasteiger partial charge in [0.25, 0.3) is 11.6 Å². The molecule has 1 amide bonds. The van der Waals surface area contributed by atoms with Gasteiger partial charge in [0.05, 0.1) is 4.92 Å². The van der Waals surface area contributed by atoms with Crippen LogP contribution in [0.3, 0.4) is 0 Å². The van der Waals surface area contributed by atoms with E-state index >= 15 is 0 Å². The first-order chi connectivity index (χ1) is 12.5. The monoisotopic (exact) mass is 372 g/mol. The van der Waals surface area contributed by atoms with Gasteiger partial charge in [-0.2, -0.15) is 0 Å². The van der Waals surface area contributed by atoms with Crippen molar-refractivity contribution in [3.05, 3.63) is 69.8 Å². The normalized spacial score (nSPS) is 10.0. The van der Waals surface area contributed by atoms with Gasteiger partial charge < -0.3 is 5.32 Å². The van der Waals surface area contributed by atoms with Crippen molar-refractivity contribution in [1.29, 1.82) is 0 Å². The third-order valence-electron chi connectivity index (χ3n) is 3.66. The van der Waals surface area contributed by atoms with E-state index in [4.69, 9.17) is 12.2 Å². The fourth-order valence-electron chi connectivity index (χ4n) is 2.22. The van der Waals surface area contributed by atoms with Gasteiger partial charge in [0, 0.05) is 23.4 Å². The van der Waals surface area contributed by atoms with Crippen LogP contribution in [0.2, 0.25) is 0 Å². The summed E-state index contributed by atoms with van der Waals surface area (Å²) in [6.45, 7) is 2.16. The van der Waals surface area contributed by atoms with Crippen LogP contribution >= 0.6 is 12.2 Å². The number of non-ortho nitro benzene ring substituents is 1. The van der Waals surface area contributed by atoms with Crippen molar-refractivity contribution in [3.8, 4) is 0 Å². The Labute approximate surface area is 156 Å². The number of nitro benzene ring substituents is 1. The summed E-state index contributed by atoms with van der Waals surface area (Å²) in [6, 6.07) is 13.2. The summed E-state index contributed by atoms with van der Waals surface area (Å²) < 4.78 is 0. The van der Waals surface area contributed by atoms with Crippen LogP contribution in [0.15, 0.2) is 48.5 Å². The van der Waals surface area contributed by atoms with Crippen LogP contribution in [-0.4, -0.2) is 15.9 Å². The highest BCUT2D eigenvalue weighted by Gasteiger charge is 2.09. The quantitative estimate of drug-likeness (QED) is 0.407. The number of anilines is 1. The van der Waals surface area contributed by atoms with E-state index in [0.717, 1.165) is 24.9 Å².